The first-order chi connectivity index (χ1) is 13.0. The third-order valence-corrected chi connectivity index (χ3v) is 5.15. The number of hydrogen-bond acceptors (Lipinski definition) is 5. The summed E-state index contributed by atoms with van der Waals surface area (Å²) in [5.41, 5.74) is 6.60. The quantitative estimate of drug-likeness (QED) is 0.574. The number of nitro groups is 1. The third-order valence-electron chi connectivity index (χ3n) is 5.15. The number of nitro benzene ring substituents is 1. The van der Waals surface area contributed by atoms with Gasteiger partial charge in [-0.05, 0) is 25.0 Å². The van der Waals surface area contributed by atoms with Crippen molar-refractivity contribution in [1.82, 2.24) is 4.90 Å². The van der Waals surface area contributed by atoms with E-state index in [0.29, 0.717) is 24.7 Å². The van der Waals surface area contributed by atoms with Crippen molar-refractivity contribution in [2.45, 2.75) is 44.8 Å². The number of benzene rings is 2. The molecule has 27 heavy (non-hydrogen) atoms. The molecule has 1 amide bonds. The van der Waals surface area contributed by atoms with E-state index < -0.39 is 10.8 Å². The molecule has 0 spiro atoms. The summed E-state index contributed by atoms with van der Waals surface area (Å²) in [7, 11) is 0. The molecule has 1 fully saturated rings. The number of para-hydroxylation sites is 1. The monoisotopic (exact) mass is 369 g/mol. The van der Waals surface area contributed by atoms with E-state index in [1.54, 1.807) is 18.2 Å². The van der Waals surface area contributed by atoms with Crippen molar-refractivity contribution in [3.05, 3.63) is 69.3 Å². The number of rotatable bonds is 7. The van der Waals surface area contributed by atoms with Crippen LogP contribution in [0.2, 0.25) is 0 Å². The molecule has 142 valence electrons. The van der Waals surface area contributed by atoms with Crippen LogP contribution in [0, 0.1) is 10.1 Å². The smallest absolute Gasteiger partial charge is 0.274 e. The van der Waals surface area contributed by atoms with E-state index in [1.165, 1.54) is 12.1 Å². The lowest BCUT2D eigenvalue weighted by Gasteiger charge is -2.29. The lowest BCUT2D eigenvalue weighted by Crippen LogP contribution is -2.32. The molecule has 1 aliphatic rings. The Kier molecular flexibility index (Phi) is 5.71. The van der Waals surface area contributed by atoms with Gasteiger partial charge in [0.15, 0.2) is 0 Å². The van der Waals surface area contributed by atoms with Crippen LogP contribution in [0.25, 0.3) is 0 Å². The molecule has 0 radical (unpaired) electrons. The minimum atomic E-state index is -0.688. The number of nitrogens with zero attached hydrogens (tertiary/aromatic N) is 2. The topological polar surface area (TPSA) is 110 Å². The highest BCUT2D eigenvalue weighted by Gasteiger charge is 2.26. The highest BCUT2D eigenvalue weighted by molar-refractivity contribution is 5.93. The minimum absolute atomic E-state index is 0.105. The molecule has 1 aliphatic carbocycles. The molecule has 3 rings (SSSR count). The Morgan fingerprint density at radius 1 is 1.15 bits per heavy atom. The van der Waals surface area contributed by atoms with Crippen LogP contribution in [0.5, 0.6) is 5.75 Å². The highest BCUT2D eigenvalue weighted by atomic mass is 16.6. The average Bonchev–Trinajstić information content (AvgIpc) is 3.17. The van der Waals surface area contributed by atoms with Gasteiger partial charge in [-0.2, -0.15) is 0 Å². The lowest BCUT2D eigenvalue weighted by atomic mass is 10.1. The van der Waals surface area contributed by atoms with Gasteiger partial charge in [-0.15, -0.1) is 0 Å². The fourth-order valence-corrected chi connectivity index (χ4v) is 3.69. The molecule has 0 heterocycles. The van der Waals surface area contributed by atoms with E-state index in [1.807, 2.05) is 12.1 Å². The van der Waals surface area contributed by atoms with Crippen molar-refractivity contribution in [3.63, 3.8) is 0 Å². The highest BCUT2D eigenvalue weighted by Crippen LogP contribution is 2.30. The van der Waals surface area contributed by atoms with Crippen LogP contribution < -0.4 is 5.73 Å². The standard InChI is InChI=1S/C20H23N3O4/c21-20(25)14-9-10-15(18(11-14)23(26)27)12-22(17-6-2-3-7-17)13-16-5-1-4-8-19(16)24/h1,4-5,8-11,17,24H,2-3,6-7,12-13H2,(H2,21,25). The predicted octanol–water partition coefficient (Wildman–Crippen LogP) is 3.34. The van der Waals surface area contributed by atoms with Gasteiger partial charge in [-0.3, -0.25) is 19.8 Å². The molecule has 0 atom stereocenters. The summed E-state index contributed by atoms with van der Waals surface area (Å²) in [6.07, 6.45) is 4.32. The van der Waals surface area contributed by atoms with Gasteiger partial charge in [-0.1, -0.05) is 37.1 Å². The first-order valence-corrected chi connectivity index (χ1v) is 9.03. The molecule has 0 saturated heterocycles. The molecule has 3 N–H and O–H groups in total. The van der Waals surface area contributed by atoms with E-state index in [9.17, 15) is 20.0 Å². The SMILES string of the molecule is NC(=O)c1ccc(CN(Cc2ccccc2O)C2CCCC2)c([N+](=O)[O-])c1. The minimum Gasteiger partial charge on any atom is -0.508 e. The second-order valence-corrected chi connectivity index (χ2v) is 6.94. The number of amides is 1. The van der Waals surface area contributed by atoms with Gasteiger partial charge in [-0.25, -0.2) is 0 Å². The Morgan fingerprint density at radius 2 is 1.81 bits per heavy atom. The summed E-state index contributed by atoms with van der Waals surface area (Å²) in [4.78, 5) is 24.6. The van der Waals surface area contributed by atoms with Gasteiger partial charge in [0.25, 0.3) is 5.69 Å². The Morgan fingerprint density at radius 3 is 2.44 bits per heavy atom. The second kappa shape index (κ2) is 8.18. The molecule has 7 heteroatoms. The fraction of sp³-hybridized carbons (Fsp3) is 0.350. The second-order valence-electron chi connectivity index (χ2n) is 6.94. The van der Waals surface area contributed by atoms with Crippen molar-refractivity contribution in [2.75, 3.05) is 0 Å². The number of carbonyl (C=O) groups excluding carboxylic acids is 1. The first kappa shape index (κ1) is 18.8. The first-order valence-electron chi connectivity index (χ1n) is 9.03. The van der Waals surface area contributed by atoms with E-state index in [-0.39, 0.29) is 17.0 Å². The maximum absolute atomic E-state index is 11.5. The number of carbonyl (C=O) groups is 1. The number of phenols is 1. The summed E-state index contributed by atoms with van der Waals surface area (Å²) in [5.74, 6) is -0.467. The zero-order valence-corrected chi connectivity index (χ0v) is 15.0. The Balaban J connectivity index is 1.91. The summed E-state index contributed by atoms with van der Waals surface area (Å²) < 4.78 is 0. The zero-order valence-electron chi connectivity index (χ0n) is 15.0. The third kappa shape index (κ3) is 4.43. The zero-order chi connectivity index (χ0) is 19.4. The van der Waals surface area contributed by atoms with Gasteiger partial charge in [0.1, 0.15) is 5.75 Å². The molecule has 0 aromatic heterocycles. The summed E-state index contributed by atoms with van der Waals surface area (Å²) in [6, 6.07) is 11.8. The molecular formula is C20H23N3O4. The van der Waals surface area contributed by atoms with Crippen LogP contribution in [-0.4, -0.2) is 26.9 Å². The Hall–Kier alpha value is -2.93. The van der Waals surface area contributed by atoms with E-state index in [4.69, 9.17) is 5.73 Å². The van der Waals surface area contributed by atoms with E-state index in [0.717, 1.165) is 31.2 Å². The lowest BCUT2D eigenvalue weighted by molar-refractivity contribution is -0.385. The van der Waals surface area contributed by atoms with Crippen LogP contribution in [-0.2, 0) is 13.1 Å². The molecule has 7 nitrogen and oxygen atoms in total. The average molecular weight is 369 g/mol. The van der Waals surface area contributed by atoms with Crippen molar-refractivity contribution in [1.29, 1.82) is 0 Å². The molecular weight excluding hydrogens is 346 g/mol. The number of hydrogen-bond donors (Lipinski definition) is 2. The van der Waals surface area contributed by atoms with Crippen molar-refractivity contribution >= 4 is 11.6 Å². The van der Waals surface area contributed by atoms with E-state index >= 15 is 0 Å². The van der Waals surface area contributed by atoms with E-state index in [2.05, 4.69) is 4.90 Å². The fourth-order valence-electron chi connectivity index (χ4n) is 3.69. The molecule has 2 aromatic rings. The van der Waals surface area contributed by atoms with Crippen LogP contribution in [0.4, 0.5) is 5.69 Å². The Labute approximate surface area is 157 Å². The summed E-state index contributed by atoms with van der Waals surface area (Å²) >= 11 is 0. The number of nitrogens with two attached hydrogens (primary N) is 1. The maximum Gasteiger partial charge on any atom is 0.274 e. The molecule has 0 bridgehead atoms. The predicted molar refractivity (Wildman–Crippen MR) is 101 cm³/mol. The van der Waals surface area contributed by atoms with Gasteiger partial charge < -0.3 is 10.8 Å². The molecule has 0 unspecified atom stereocenters. The summed E-state index contributed by atoms with van der Waals surface area (Å²) in [6.45, 7) is 0.875. The molecule has 2 aromatic carbocycles. The van der Waals surface area contributed by atoms with Crippen LogP contribution >= 0.6 is 0 Å². The van der Waals surface area contributed by atoms with Crippen molar-refractivity contribution < 1.29 is 14.8 Å². The van der Waals surface area contributed by atoms with Gasteiger partial charge in [0.05, 0.1) is 4.92 Å². The van der Waals surface area contributed by atoms with Crippen molar-refractivity contribution in [3.8, 4) is 5.75 Å². The van der Waals surface area contributed by atoms with Crippen LogP contribution in [0.3, 0.4) is 0 Å². The number of primary amides is 1. The molecule has 0 aliphatic heterocycles. The van der Waals surface area contributed by atoms with Gasteiger partial charge in [0, 0.05) is 41.9 Å². The van der Waals surface area contributed by atoms with Gasteiger partial charge >= 0.3 is 0 Å². The number of phenolic OH excluding ortho intramolecular Hbond substituents is 1. The molecule has 1 saturated carbocycles. The van der Waals surface area contributed by atoms with Gasteiger partial charge in [0.2, 0.25) is 5.91 Å². The van der Waals surface area contributed by atoms with Crippen LogP contribution in [0.1, 0.15) is 47.2 Å². The Bertz CT molecular complexity index is 847. The largest absolute Gasteiger partial charge is 0.508 e. The van der Waals surface area contributed by atoms with Crippen molar-refractivity contribution in [2.24, 2.45) is 5.73 Å². The number of aromatic hydroxyl groups is 1. The van der Waals surface area contributed by atoms with Crippen LogP contribution in [0.15, 0.2) is 42.5 Å². The maximum atomic E-state index is 11.5. The normalized spacial score (nSPS) is 14.6. The summed E-state index contributed by atoms with van der Waals surface area (Å²) in [5, 5.41) is 21.6.